The predicted octanol–water partition coefficient (Wildman–Crippen LogP) is 1.34. The summed E-state index contributed by atoms with van der Waals surface area (Å²) < 4.78 is 27.6. The zero-order valence-electron chi connectivity index (χ0n) is 18.2. The van der Waals surface area contributed by atoms with Crippen LogP contribution in [-0.2, 0) is 37.0 Å². The van der Waals surface area contributed by atoms with Crippen LogP contribution in [0.15, 0.2) is 39.9 Å². The molecule has 1 aromatic carbocycles. The van der Waals surface area contributed by atoms with Crippen molar-refractivity contribution in [3.63, 3.8) is 0 Å². The van der Waals surface area contributed by atoms with Crippen LogP contribution in [0.4, 0.5) is 5.69 Å². The molecule has 1 heterocycles. The van der Waals surface area contributed by atoms with Crippen molar-refractivity contribution in [2.24, 2.45) is 14.1 Å². The fourth-order valence-electron chi connectivity index (χ4n) is 3.39. The van der Waals surface area contributed by atoms with E-state index in [0.29, 0.717) is 12.1 Å². The van der Waals surface area contributed by atoms with E-state index in [9.17, 15) is 18.0 Å². The maximum atomic E-state index is 12.0. The third kappa shape index (κ3) is 7.14. The summed E-state index contributed by atoms with van der Waals surface area (Å²) in [5.41, 5.74) is 1.95. The van der Waals surface area contributed by atoms with Gasteiger partial charge in [-0.2, -0.15) is 0 Å². The van der Waals surface area contributed by atoms with Crippen molar-refractivity contribution < 1.29 is 8.42 Å². The van der Waals surface area contributed by atoms with Gasteiger partial charge in [0.1, 0.15) is 0 Å². The molecule has 0 aliphatic rings. The quantitative estimate of drug-likeness (QED) is 0.574. The number of hydrogen-bond donors (Lipinski definition) is 1. The maximum Gasteiger partial charge on any atom is 0.330 e. The molecular formula is C21H32N4O4S. The summed E-state index contributed by atoms with van der Waals surface area (Å²) in [6, 6.07) is 8.99. The van der Waals surface area contributed by atoms with Gasteiger partial charge in [-0.1, -0.05) is 19.1 Å². The number of benzene rings is 1. The van der Waals surface area contributed by atoms with Gasteiger partial charge in [0.25, 0.3) is 5.56 Å². The molecule has 0 spiro atoms. The number of aryl methyl sites for hydroxylation is 2. The van der Waals surface area contributed by atoms with E-state index in [1.165, 1.54) is 12.6 Å². The second kappa shape index (κ2) is 10.6. The molecule has 0 saturated carbocycles. The Morgan fingerprint density at radius 3 is 2.13 bits per heavy atom. The third-order valence-electron chi connectivity index (χ3n) is 5.18. The van der Waals surface area contributed by atoms with Crippen LogP contribution in [0.1, 0.15) is 31.0 Å². The van der Waals surface area contributed by atoms with Crippen molar-refractivity contribution in [3.8, 4) is 0 Å². The fourth-order valence-corrected chi connectivity index (χ4v) is 3.95. The fraction of sp³-hybridized carbons (Fsp3) is 0.524. The molecule has 2 rings (SSSR count). The smallest absolute Gasteiger partial charge is 0.304 e. The molecule has 1 aromatic heterocycles. The molecule has 0 radical (unpaired) electrons. The molecule has 0 fully saturated rings. The van der Waals surface area contributed by atoms with E-state index in [0.717, 1.165) is 55.4 Å². The molecule has 2 aromatic rings. The van der Waals surface area contributed by atoms with Gasteiger partial charge in [0.05, 0.1) is 6.26 Å². The molecule has 0 unspecified atom stereocenters. The van der Waals surface area contributed by atoms with Gasteiger partial charge in [0.2, 0.25) is 10.0 Å². The van der Waals surface area contributed by atoms with Crippen LogP contribution in [-0.4, -0.2) is 48.3 Å². The lowest BCUT2D eigenvalue weighted by Gasteiger charge is -2.20. The minimum Gasteiger partial charge on any atom is -0.304 e. The zero-order chi connectivity index (χ0) is 22.3. The molecule has 0 atom stereocenters. The van der Waals surface area contributed by atoms with Crippen molar-refractivity contribution in [3.05, 3.63) is 62.4 Å². The summed E-state index contributed by atoms with van der Waals surface area (Å²) in [4.78, 5) is 26.2. The van der Waals surface area contributed by atoms with Crippen molar-refractivity contribution in [2.45, 2.75) is 32.6 Å². The van der Waals surface area contributed by atoms with Crippen molar-refractivity contribution in [1.82, 2.24) is 14.0 Å². The van der Waals surface area contributed by atoms with Gasteiger partial charge >= 0.3 is 5.69 Å². The van der Waals surface area contributed by atoms with Crippen LogP contribution in [0.2, 0.25) is 0 Å². The van der Waals surface area contributed by atoms with E-state index >= 15 is 0 Å². The van der Waals surface area contributed by atoms with Crippen LogP contribution in [0.25, 0.3) is 0 Å². The second-order valence-electron chi connectivity index (χ2n) is 7.59. The summed E-state index contributed by atoms with van der Waals surface area (Å²) >= 11 is 0. The molecule has 166 valence electrons. The first-order valence-corrected chi connectivity index (χ1v) is 12.0. The van der Waals surface area contributed by atoms with Gasteiger partial charge in [0, 0.05) is 31.5 Å². The average molecular weight is 437 g/mol. The van der Waals surface area contributed by atoms with Gasteiger partial charge in [-0.05, 0) is 63.0 Å². The molecule has 0 saturated heterocycles. The Morgan fingerprint density at radius 1 is 0.967 bits per heavy atom. The highest BCUT2D eigenvalue weighted by molar-refractivity contribution is 7.92. The number of nitrogens with one attached hydrogen (secondary N) is 1. The standard InChI is InChI=1S/C21H32N4O4S/c1-5-25(15-7-9-19-16-20(26)24(3)21(27)23(19)2)14-6-8-17-10-12-18(13-11-17)22-30(4,28)29/h10-13,16,22H,5-9,14-15H2,1-4H3. The van der Waals surface area contributed by atoms with E-state index in [2.05, 4.69) is 16.5 Å². The van der Waals surface area contributed by atoms with Crippen LogP contribution < -0.4 is 16.0 Å². The molecule has 0 amide bonds. The minimum absolute atomic E-state index is 0.266. The van der Waals surface area contributed by atoms with Gasteiger partial charge < -0.3 is 9.47 Å². The number of nitrogens with zero attached hydrogens (tertiary/aromatic N) is 3. The lowest BCUT2D eigenvalue weighted by Crippen LogP contribution is -2.38. The highest BCUT2D eigenvalue weighted by Gasteiger charge is 2.08. The van der Waals surface area contributed by atoms with Crippen molar-refractivity contribution in [2.75, 3.05) is 30.6 Å². The molecule has 9 heteroatoms. The first-order valence-electron chi connectivity index (χ1n) is 10.2. The predicted molar refractivity (Wildman–Crippen MR) is 121 cm³/mol. The molecular weight excluding hydrogens is 404 g/mol. The van der Waals surface area contributed by atoms with E-state index in [-0.39, 0.29) is 11.2 Å². The third-order valence-corrected chi connectivity index (χ3v) is 5.78. The lowest BCUT2D eigenvalue weighted by molar-refractivity contribution is 0.280. The number of aromatic nitrogens is 2. The molecule has 8 nitrogen and oxygen atoms in total. The van der Waals surface area contributed by atoms with Crippen molar-refractivity contribution in [1.29, 1.82) is 0 Å². The van der Waals surface area contributed by atoms with E-state index in [1.54, 1.807) is 29.8 Å². The molecule has 0 bridgehead atoms. The summed E-state index contributed by atoms with van der Waals surface area (Å²) in [6.07, 6.45) is 4.61. The Hall–Kier alpha value is -2.39. The number of anilines is 1. The summed E-state index contributed by atoms with van der Waals surface area (Å²) in [5.74, 6) is 0. The minimum atomic E-state index is -3.25. The molecule has 30 heavy (non-hydrogen) atoms. The average Bonchev–Trinajstić information content (AvgIpc) is 2.69. The number of hydrogen-bond acceptors (Lipinski definition) is 5. The monoisotopic (exact) mass is 436 g/mol. The van der Waals surface area contributed by atoms with Crippen LogP contribution in [0.5, 0.6) is 0 Å². The lowest BCUT2D eigenvalue weighted by atomic mass is 10.1. The Balaban J connectivity index is 1.80. The Bertz CT molecular complexity index is 1060. The summed E-state index contributed by atoms with van der Waals surface area (Å²) in [5, 5.41) is 0. The van der Waals surface area contributed by atoms with E-state index in [1.807, 2.05) is 12.1 Å². The van der Waals surface area contributed by atoms with E-state index < -0.39 is 10.0 Å². The Morgan fingerprint density at radius 2 is 1.57 bits per heavy atom. The van der Waals surface area contributed by atoms with E-state index in [4.69, 9.17) is 0 Å². The van der Waals surface area contributed by atoms with Crippen LogP contribution in [0.3, 0.4) is 0 Å². The SMILES string of the molecule is CCN(CCCc1ccc(NS(C)(=O)=O)cc1)CCCc1cc(=O)n(C)c(=O)n1C. The normalized spacial score (nSPS) is 11.8. The molecule has 0 aliphatic carbocycles. The van der Waals surface area contributed by atoms with Gasteiger partial charge in [-0.15, -0.1) is 0 Å². The largest absolute Gasteiger partial charge is 0.330 e. The molecule has 1 N–H and O–H groups in total. The van der Waals surface area contributed by atoms with Crippen LogP contribution >= 0.6 is 0 Å². The maximum absolute atomic E-state index is 12.0. The Kier molecular flexibility index (Phi) is 8.43. The van der Waals surface area contributed by atoms with Gasteiger partial charge in [-0.3, -0.25) is 14.1 Å². The first kappa shape index (κ1) is 23.9. The highest BCUT2D eigenvalue weighted by atomic mass is 32.2. The number of rotatable bonds is 11. The topological polar surface area (TPSA) is 93.4 Å². The van der Waals surface area contributed by atoms with Gasteiger partial charge in [0.15, 0.2) is 0 Å². The number of sulfonamides is 1. The van der Waals surface area contributed by atoms with Gasteiger partial charge in [-0.25, -0.2) is 13.2 Å². The second-order valence-corrected chi connectivity index (χ2v) is 9.34. The zero-order valence-corrected chi connectivity index (χ0v) is 19.0. The Labute approximate surface area is 178 Å². The van der Waals surface area contributed by atoms with Crippen molar-refractivity contribution >= 4 is 15.7 Å². The first-order chi connectivity index (χ1) is 14.1. The summed E-state index contributed by atoms with van der Waals surface area (Å²) in [6.45, 7) is 4.92. The summed E-state index contributed by atoms with van der Waals surface area (Å²) in [7, 11) is -0.0655. The van der Waals surface area contributed by atoms with Crippen LogP contribution in [0, 0.1) is 0 Å². The highest BCUT2D eigenvalue weighted by Crippen LogP contribution is 2.12. The molecule has 0 aliphatic heterocycles.